The van der Waals surface area contributed by atoms with E-state index in [2.05, 4.69) is 40.0 Å². The Balaban J connectivity index is 1.50. The van der Waals surface area contributed by atoms with Crippen molar-refractivity contribution in [3.05, 3.63) is 41.0 Å². The van der Waals surface area contributed by atoms with E-state index in [1.165, 1.54) is 24.8 Å². The number of aromatic nitrogens is 3. The van der Waals surface area contributed by atoms with Gasteiger partial charge in [-0.2, -0.15) is 0 Å². The second kappa shape index (κ2) is 9.34. The molecule has 2 aliphatic rings. The summed E-state index contributed by atoms with van der Waals surface area (Å²) < 4.78 is 2.28. The van der Waals surface area contributed by atoms with Crippen LogP contribution < -0.4 is 5.32 Å². The Hall–Kier alpha value is -2.21. The summed E-state index contributed by atoms with van der Waals surface area (Å²) in [5.41, 5.74) is 3.02. The first kappa shape index (κ1) is 23.0. The number of nitrogens with zero attached hydrogens (tertiary/aromatic N) is 3. The number of hydrogen-bond acceptors (Lipinski definition) is 4. The number of anilines is 1. The molecule has 2 aliphatic carbocycles. The van der Waals surface area contributed by atoms with E-state index >= 15 is 0 Å². The summed E-state index contributed by atoms with van der Waals surface area (Å²) in [6.45, 7) is 10.4. The van der Waals surface area contributed by atoms with Crippen molar-refractivity contribution in [1.29, 1.82) is 0 Å². The molecule has 0 radical (unpaired) electrons. The highest BCUT2D eigenvalue weighted by Gasteiger charge is 2.40. The zero-order chi connectivity index (χ0) is 23.0. The first-order valence-corrected chi connectivity index (χ1v) is 12.2. The van der Waals surface area contributed by atoms with E-state index in [1.54, 1.807) is 6.92 Å². The number of aliphatic hydroxyl groups is 1. The van der Waals surface area contributed by atoms with Crippen LogP contribution in [0.3, 0.4) is 0 Å². The third-order valence-electron chi connectivity index (χ3n) is 7.04. The van der Waals surface area contributed by atoms with Crippen LogP contribution in [0.1, 0.15) is 99.9 Å². The van der Waals surface area contributed by atoms with Gasteiger partial charge in [0.15, 0.2) is 0 Å². The van der Waals surface area contributed by atoms with Crippen molar-refractivity contribution in [2.45, 2.75) is 97.1 Å². The maximum absolute atomic E-state index is 12.9. The van der Waals surface area contributed by atoms with Crippen LogP contribution in [-0.4, -0.2) is 31.9 Å². The summed E-state index contributed by atoms with van der Waals surface area (Å²) in [6.07, 6.45) is 5.39. The minimum atomic E-state index is -0.676. The Kier molecular flexibility index (Phi) is 6.70. The first-order chi connectivity index (χ1) is 15.2. The van der Waals surface area contributed by atoms with Gasteiger partial charge < -0.3 is 15.0 Å². The Morgan fingerprint density at radius 2 is 1.91 bits per heavy atom. The van der Waals surface area contributed by atoms with Crippen molar-refractivity contribution in [2.75, 3.05) is 5.32 Å². The van der Waals surface area contributed by atoms with E-state index in [0.717, 1.165) is 47.6 Å². The Labute approximate surface area is 191 Å². The average molecular weight is 439 g/mol. The van der Waals surface area contributed by atoms with E-state index < -0.39 is 6.10 Å². The van der Waals surface area contributed by atoms with Crippen LogP contribution in [0.2, 0.25) is 0 Å². The zero-order valence-corrected chi connectivity index (χ0v) is 20.1. The number of carbonyl (C=O) groups excluding carboxylic acids is 1. The number of amides is 1. The van der Waals surface area contributed by atoms with Crippen LogP contribution in [-0.2, 0) is 4.79 Å². The van der Waals surface area contributed by atoms with Crippen molar-refractivity contribution >= 4 is 11.6 Å². The van der Waals surface area contributed by atoms with E-state index in [-0.39, 0.29) is 18.2 Å². The summed E-state index contributed by atoms with van der Waals surface area (Å²) in [5.74, 6) is 3.35. The predicted molar refractivity (Wildman–Crippen MR) is 127 cm³/mol. The number of aryl methyl sites for hydroxylation is 2. The Bertz CT molecular complexity index is 955. The van der Waals surface area contributed by atoms with Crippen LogP contribution in [0.4, 0.5) is 5.69 Å². The van der Waals surface area contributed by atoms with Gasteiger partial charge in [-0.1, -0.05) is 31.5 Å². The standard InChI is InChI=1S/C26H38N4O2/c1-15(2)10-19-12-20(13-19)25-28-29-26(30(25)21-7-8-21)22(18(5)31)14-24(32)27-23-9-6-16(3)11-17(23)4/h6,9,11,15,18-22,31H,7-8,10,12-14H2,1-5H3,(H,27,32). The number of hydrogen-bond donors (Lipinski definition) is 2. The lowest BCUT2D eigenvalue weighted by atomic mass is 9.71. The third kappa shape index (κ3) is 5.06. The molecule has 32 heavy (non-hydrogen) atoms. The van der Waals surface area contributed by atoms with Gasteiger partial charge in [0.2, 0.25) is 5.91 Å². The number of rotatable bonds is 9. The number of carbonyl (C=O) groups is 1. The summed E-state index contributed by atoms with van der Waals surface area (Å²) in [5, 5.41) is 22.8. The molecule has 6 nitrogen and oxygen atoms in total. The molecular weight excluding hydrogens is 400 g/mol. The van der Waals surface area contributed by atoms with Gasteiger partial charge in [-0.15, -0.1) is 10.2 Å². The number of benzene rings is 1. The molecule has 0 aliphatic heterocycles. The van der Waals surface area contributed by atoms with Gasteiger partial charge in [0.25, 0.3) is 0 Å². The van der Waals surface area contributed by atoms with Gasteiger partial charge in [-0.3, -0.25) is 4.79 Å². The van der Waals surface area contributed by atoms with Gasteiger partial charge in [-0.05, 0) is 76.3 Å². The minimum Gasteiger partial charge on any atom is -0.393 e. The first-order valence-electron chi connectivity index (χ1n) is 12.2. The van der Waals surface area contributed by atoms with Gasteiger partial charge in [-0.25, -0.2) is 0 Å². The topological polar surface area (TPSA) is 80.0 Å². The summed E-state index contributed by atoms with van der Waals surface area (Å²) in [7, 11) is 0. The lowest BCUT2D eigenvalue weighted by Gasteiger charge is -2.36. The highest BCUT2D eigenvalue weighted by atomic mass is 16.3. The van der Waals surface area contributed by atoms with Gasteiger partial charge >= 0.3 is 0 Å². The van der Waals surface area contributed by atoms with E-state index in [0.29, 0.717) is 12.0 Å². The van der Waals surface area contributed by atoms with Crippen molar-refractivity contribution < 1.29 is 9.90 Å². The molecule has 2 atom stereocenters. The summed E-state index contributed by atoms with van der Waals surface area (Å²) >= 11 is 0. The fraction of sp³-hybridized carbons (Fsp3) is 0.654. The number of aliphatic hydroxyl groups excluding tert-OH is 1. The summed E-state index contributed by atoms with van der Waals surface area (Å²) in [6, 6.07) is 6.41. The minimum absolute atomic E-state index is 0.101. The zero-order valence-electron chi connectivity index (χ0n) is 20.1. The molecular formula is C26H38N4O2. The third-order valence-corrected chi connectivity index (χ3v) is 7.04. The Morgan fingerprint density at radius 3 is 2.50 bits per heavy atom. The average Bonchev–Trinajstić information content (AvgIpc) is 3.43. The molecule has 6 heteroatoms. The van der Waals surface area contributed by atoms with Crippen molar-refractivity contribution in [1.82, 2.24) is 14.8 Å². The molecule has 1 aromatic carbocycles. The Morgan fingerprint density at radius 1 is 1.19 bits per heavy atom. The molecule has 4 rings (SSSR count). The lowest BCUT2D eigenvalue weighted by Crippen LogP contribution is -2.28. The molecule has 2 N–H and O–H groups in total. The van der Waals surface area contributed by atoms with E-state index in [4.69, 9.17) is 0 Å². The monoisotopic (exact) mass is 438 g/mol. The largest absolute Gasteiger partial charge is 0.393 e. The molecule has 1 heterocycles. The highest BCUT2D eigenvalue weighted by molar-refractivity contribution is 5.92. The fourth-order valence-corrected chi connectivity index (χ4v) is 5.19. The van der Waals surface area contributed by atoms with Crippen molar-refractivity contribution in [3.8, 4) is 0 Å². The van der Waals surface area contributed by atoms with Crippen LogP contribution >= 0.6 is 0 Å². The second-order valence-electron chi connectivity index (χ2n) is 10.6. The normalized spacial score (nSPS) is 22.5. The van der Waals surface area contributed by atoms with Crippen molar-refractivity contribution in [3.63, 3.8) is 0 Å². The van der Waals surface area contributed by atoms with Gasteiger partial charge in [0.1, 0.15) is 11.6 Å². The lowest BCUT2D eigenvalue weighted by molar-refractivity contribution is -0.117. The second-order valence-corrected chi connectivity index (χ2v) is 10.6. The molecule has 2 aromatic rings. The maximum atomic E-state index is 12.9. The molecule has 0 bridgehead atoms. The predicted octanol–water partition coefficient (Wildman–Crippen LogP) is 5.26. The maximum Gasteiger partial charge on any atom is 0.225 e. The van der Waals surface area contributed by atoms with Crippen LogP contribution in [0, 0.1) is 25.7 Å². The van der Waals surface area contributed by atoms with Crippen molar-refractivity contribution in [2.24, 2.45) is 11.8 Å². The molecule has 2 saturated carbocycles. The SMILES string of the molecule is Cc1ccc(NC(=O)CC(c2nnc(C3CC(CC(C)C)C3)n2C2CC2)C(C)O)c(C)c1. The summed E-state index contributed by atoms with van der Waals surface area (Å²) in [4.78, 5) is 12.9. The molecule has 0 spiro atoms. The fourth-order valence-electron chi connectivity index (χ4n) is 5.19. The quantitative estimate of drug-likeness (QED) is 0.559. The van der Waals surface area contributed by atoms with Crippen LogP contribution in [0.5, 0.6) is 0 Å². The van der Waals surface area contributed by atoms with E-state index in [1.807, 2.05) is 26.0 Å². The van der Waals surface area contributed by atoms with Gasteiger partial charge in [0.05, 0.1) is 12.0 Å². The number of nitrogens with one attached hydrogen (secondary N) is 1. The molecule has 2 fully saturated rings. The molecule has 2 unspecified atom stereocenters. The molecule has 1 aromatic heterocycles. The molecule has 1 amide bonds. The van der Waals surface area contributed by atoms with Crippen LogP contribution in [0.25, 0.3) is 0 Å². The van der Waals surface area contributed by atoms with E-state index in [9.17, 15) is 9.90 Å². The molecule has 174 valence electrons. The van der Waals surface area contributed by atoms with Crippen LogP contribution in [0.15, 0.2) is 18.2 Å². The molecule has 0 saturated heterocycles. The van der Waals surface area contributed by atoms with Gasteiger partial charge in [0, 0.05) is 24.1 Å². The smallest absolute Gasteiger partial charge is 0.225 e. The highest BCUT2D eigenvalue weighted by Crippen LogP contribution is 2.48.